The van der Waals surface area contributed by atoms with Gasteiger partial charge in [-0.25, -0.2) is 4.98 Å². The molecule has 0 radical (unpaired) electrons. The number of hydrogen-bond donors (Lipinski definition) is 1. The van der Waals surface area contributed by atoms with Gasteiger partial charge < -0.3 is 15.1 Å². The first-order valence-corrected chi connectivity index (χ1v) is 11.4. The van der Waals surface area contributed by atoms with Crippen LogP contribution in [0.2, 0.25) is 0 Å². The van der Waals surface area contributed by atoms with E-state index in [1.165, 1.54) is 0 Å². The third kappa shape index (κ3) is 5.77. The highest BCUT2D eigenvalue weighted by Gasteiger charge is 2.29. The molecule has 6 nitrogen and oxygen atoms in total. The molecule has 0 aliphatic carbocycles. The summed E-state index contributed by atoms with van der Waals surface area (Å²) in [6.07, 6.45) is 2.24. The highest BCUT2D eigenvalue weighted by atomic mass is 16.2. The maximum Gasteiger partial charge on any atom is 0.251 e. The van der Waals surface area contributed by atoms with Gasteiger partial charge in [-0.1, -0.05) is 53.6 Å². The molecule has 170 valence electrons. The van der Waals surface area contributed by atoms with Crippen molar-refractivity contribution in [1.82, 2.24) is 15.2 Å². The van der Waals surface area contributed by atoms with E-state index < -0.39 is 6.04 Å². The Hall–Kier alpha value is -3.67. The highest BCUT2D eigenvalue weighted by Crippen LogP contribution is 2.15. The average Bonchev–Trinajstić information content (AvgIpc) is 2.84. The van der Waals surface area contributed by atoms with Crippen LogP contribution in [0.15, 0.2) is 72.9 Å². The fraction of sp³-hybridized carbons (Fsp3) is 0.296. The van der Waals surface area contributed by atoms with Crippen molar-refractivity contribution >= 4 is 17.6 Å². The summed E-state index contributed by atoms with van der Waals surface area (Å²) >= 11 is 0. The molecule has 2 heterocycles. The molecule has 2 amide bonds. The monoisotopic (exact) mass is 442 g/mol. The quantitative estimate of drug-likeness (QED) is 0.636. The van der Waals surface area contributed by atoms with Crippen molar-refractivity contribution in [1.29, 1.82) is 0 Å². The lowest BCUT2D eigenvalue weighted by Gasteiger charge is -2.37. The zero-order chi connectivity index (χ0) is 23.2. The number of carbonyl (C=O) groups is 2. The van der Waals surface area contributed by atoms with Crippen molar-refractivity contribution in [3.8, 4) is 0 Å². The summed E-state index contributed by atoms with van der Waals surface area (Å²) in [5, 5.41) is 3.02. The standard InChI is InChI=1S/C27H30N4O2/c1-20-16-21(2)18-23(17-20)26(32)29-24(19-22-8-4-3-5-9-22)27(33)31-14-12-30(13-15-31)25-10-6-7-11-28-25/h3-11,16-18,24H,12-15,19H2,1-2H3,(H,29,32). The molecule has 1 saturated heterocycles. The SMILES string of the molecule is Cc1cc(C)cc(C(=O)NC(Cc2ccccc2)C(=O)N2CCN(c3ccccn3)CC2)c1. The normalized spacial score (nSPS) is 14.6. The molecule has 1 aliphatic rings. The molecule has 6 heteroatoms. The molecule has 0 spiro atoms. The van der Waals surface area contributed by atoms with Crippen LogP contribution in [-0.2, 0) is 11.2 Å². The molecule has 0 saturated carbocycles. The Morgan fingerprint density at radius 2 is 1.58 bits per heavy atom. The van der Waals surface area contributed by atoms with Gasteiger partial charge in [-0.2, -0.15) is 0 Å². The van der Waals surface area contributed by atoms with E-state index in [1.807, 2.05) is 85.5 Å². The lowest BCUT2D eigenvalue weighted by molar-refractivity contribution is -0.133. The zero-order valence-corrected chi connectivity index (χ0v) is 19.2. The Kier molecular flexibility index (Phi) is 7.03. The van der Waals surface area contributed by atoms with Crippen molar-refractivity contribution in [2.75, 3.05) is 31.1 Å². The number of aromatic nitrogens is 1. The molecule has 0 bridgehead atoms. The molecular weight excluding hydrogens is 412 g/mol. The molecule has 1 fully saturated rings. The largest absolute Gasteiger partial charge is 0.353 e. The van der Waals surface area contributed by atoms with Gasteiger partial charge in [-0.05, 0) is 43.7 Å². The van der Waals surface area contributed by atoms with Crippen molar-refractivity contribution in [3.05, 3.63) is 95.2 Å². The molecule has 1 aromatic heterocycles. The number of pyridine rings is 1. The van der Waals surface area contributed by atoms with Gasteiger partial charge in [0.05, 0.1) is 0 Å². The van der Waals surface area contributed by atoms with Gasteiger partial charge >= 0.3 is 0 Å². The molecule has 1 unspecified atom stereocenters. The number of aryl methyl sites for hydroxylation is 2. The number of rotatable bonds is 6. The second kappa shape index (κ2) is 10.3. The lowest BCUT2D eigenvalue weighted by atomic mass is 10.0. The Balaban J connectivity index is 1.48. The van der Waals surface area contributed by atoms with Crippen LogP contribution in [0.5, 0.6) is 0 Å². The third-order valence-corrected chi connectivity index (χ3v) is 5.93. The number of carbonyl (C=O) groups excluding carboxylic acids is 2. The second-order valence-electron chi connectivity index (χ2n) is 8.59. The topological polar surface area (TPSA) is 65.5 Å². The van der Waals surface area contributed by atoms with E-state index in [2.05, 4.69) is 15.2 Å². The van der Waals surface area contributed by atoms with Crippen LogP contribution in [0.25, 0.3) is 0 Å². The average molecular weight is 443 g/mol. The van der Waals surface area contributed by atoms with Gasteiger partial charge in [-0.3, -0.25) is 9.59 Å². The van der Waals surface area contributed by atoms with Gasteiger partial charge in [0.1, 0.15) is 11.9 Å². The first kappa shape index (κ1) is 22.5. The van der Waals surface area contributed by atoms with Crippen LogP contribution < -0.4 is 10.2 Å². The first-order chi connectivity index (χ1) is 16.0. The van der Waals surface area contributed by atoms with Crippen molar-refractivity contribution in [2.45, 2.75) is 26.3 Å². The maximum absolute atomic E-state index is 13.5. The molecule has 3 aromatic rings. The molecule has 1 atom stereocenters. The van der Waals surface area contributed by atoms with Crippen LogP contribution in [-0.4, -0.2) is 53.9 Å². The first-order valence-electron chi connectivity index (χ1n) is 11.4. The van der Waals surface area contributed by atoms with E-state index >= 15 is 0 Å². The Bertz CT molecular complexity index is 1070. The number of amides is 2. The van der Waals surface area contributed by atoms with Crippen molar-refractivity contribution < 1.29 is 9.59 Å². The summed E-state index contributed by atoms with van der Waals surface area (Å²) in [6.45, 7) is 6.56. The third-order valence-electron chi connectivity index (χ3n) is 5.93. The minimum absolute atomic E-state index is 0.0442. The van der Waals surface area contributed by atoms with Gasteiger partial charge in [0.2, 0.25) is 5.91 Å². The molecule has 1 N–H and O–H groups in total. The maximum atomic E-state index is 13.5. The predicted molar refractivity (Wildman–Crippen MR) is 130 cm³/mol. The van der Waals surface area contributed by atoms with Crippen LogP contribution in [0.1, 0.15) is 27.0 Å². The van der Waals surface area contributed by atoms with E-state index in [1.54, 1.807) is 6.20 Å². The lowest BCUT2D eigenvalue weighted by Crippen LogP contribution is -2.55. The molecule has 33 heavy (non-hydrogen) atoms. The van der Waals surface area contributed by atoms with Crippen LogP contribution in [0.3, 0.4) is 0 Å². The summed E-state index contributed by atoms with van der Waals surface area (Å²) in [6, 6.07) is 20.8. The van der Waals surface area contributed by atoms with Gasteiger partial charge in [0.25, 0.3) is 5.91 Å². The number of piperazine rings is 1. The van der Waals surface area contributed by atoms with E-state index in [4.69, 9.17) is 0 Å². The summed E-state index contributed by atoms with van der Waals surface area (Å²) in [7, 11) is 0. The van der Waals surface area contributed by atoms with Gasteiger partial charge in [0, 0.05) is 44.4 Å². The minimum Gasteiger partial charge on any atom is -0.353 e. The Morgan fingerprint density at radius 3 is 2.21 bits per heavy atom. The summed E-state index contributed by atoms with van der Waals surface area (Å²) in [5.41, 5.74) is 3.65. The van der Waals surface area contributed by atoms with Gasteiger partial charge in [-0.15, -0.1) is 0 Å². The summed E-state index contributed by atoms with van der Waals surface area (Å²) in [4.78, 5) is 35.1. The summed E-state index contributed by atoms with van der Waals surface area (Å²) in [5.74, 6) is 0.661. The second-order valence-corrected chi connectivity index (χ2v) is 8.59. The Labute approximate surface area is 195 Å². The fourth-order valence-electron chi connectivity index (χ4n) is 4.31. The number of hydrogen-bond acceptors (Lipinski definition) is 4. The summed E-state index contributed by atoms with van der Waals surface area (Å²) < 4.78 is 0. The predicted octanol–water partition coefficient (Wildman–Crippen LogP) is 3.39. The molecule has 4 rings (SSSR count). The molecular formula is C27H30N4O2. The zero-order valence-electron chi connectivity index (χ0n) is 19.2. The smallest absolute Gasteiger partial charge is 0.251 e. The van der Waals surface area contributed by atoms with Crippen LogP contribution in [0.4, 0.5) is 5.82 Å². The van der Waals surface area contributed by atoms with E-state index in [0.29, 0.717) is 38.2 Å². The van der Waals surface area contributed by atoms with E-state index in [-0.39, 0.29) is 11.8 Å². The van der Waals surface area contributed by atoms with E-state index in [0.717, 1.165) is 22.5 Å². The number of nitrogens with zero attached hydrogens (tertiary/aromatic N) is 3. The molecule has 1 aliphatic heterocycles. The number of benzene rings is 2. The highest BCUT2D eigenvalue weighted by molar-refractivity contribution is 5.98. The van der Waals surface area contributed by atoms with Crippen LogP contribution >= 0.6 is 0 Å². The van der Waals surface area contributed by atoms with Gasteiger partial charge in [0.15, 0.2) is 0 Å². The minimum atomic E-state index is -0.623. The van der Waals surface area contributed by atoms with Crippen LogP contribution in [0, 0.1) is 13.8 Å². The fourth-order valence-corrected chi connectivity index (χ4v) is 4.31. The number of nitrogens with one attached hydrogen (secondary N) is 1. The van der Waals surface area contributed by atoms with E-state index in [9.17, 15) is 9.59 Å². The van der Waals surface area contributed by atoms with Crippen molar-refractivity contribution in [3.63, 3.8) is 0 Å². The number of anilines is 1. The van der Waals surface area contributed by atoms with Crippen molar-refractivity contribution in [2.24, 2.45) is 0 Å². The Morgan fingerprint density at radius 1 is 0.909 bits per heavy atom. The molecule has 2 aromatic carbocycles.